The third-order valence-corrected chi connectivity index (χ3v) is 3.50. The van der Waals surface area contributed by atoms with Crippen LogP contribution in [0.15, 0.2) is 18.5 Å². The Labute approximate surface area is 125 Å². The van der Waals surface area contributed by atoms with Crippen LogP contribution in [0, 0.1) is 0 Å². The number of aromatic nitrogens is 2. The zero-order chi connectivity index (χ0) is 15.5. The van der Waals surface area contributed by atoms with Gasteiger partial charge in [-0.1, -0.05) is 0 Å². The predicted molar refractivity (Wildman–Crippen MR) is 81.3 cm³/mol. The Bertz CT molecular complexity index is 476. The molecule has 1 aromatic rings. The van der Waals surface area contributed by atoms with Crippen LogP contribution in [0.1, 0.15) is 40.5 Å². The van der Waals surface area contributed by atoms with Gasteiger partial charge >= 0.3 is 6.09 Å². The number of alkyl carbamates (subject to hydrolysis) is 1. The number of anilines is 1. The number of carbonyl (C=O) groups is 1. The first kappa shape index (κ1) is 15.5. The van der Waals surface area contributed by atoms with Crippen LogP contribution in [0.4, 0.5) is 10.7 Å². The monoisotopic (exact) mass is 292 g/mol. The highest BCUT2D eigenvalue weighted by Gasteiger charge is 2.33. The van der Waals surface area contributed by atoms with E-state index >= 15 is 0 Å². The molecule has 2 heterocycles. The Hall–Kier alpha value is -1.85. The Morgan fingerprint density at radius 1 is 1.29 bits per heavy atom. The van der Waals surface area contributed by atoms with Gasteiger partial charge in [-0.25, -0.2) is 14.8 Å². The second-order valence-corrected chi connectivity index (χ2v) is 6.72. The molecular formula is C15H24N4O2. The van der Waals surface area contributed by atoms with E-state index in [-0.39, 0.29) is 11.6 Å². The second-order valence-electron chi connectivity index (χ2n) is 6.72. The first-order valence-electron chi connectivity index (χ1n) is 7.31. The van der Waals surface area contributed by atoms with Crippen LogP contribution in [0.2, 0.25) is 0 Å². The molecule has 0 aromatic carbocycles. The number of amides is 1. The summed E-state index contributed by atoms with van der Waals surface area (Å²) in [6.07, 6.45) is 4.81. The highest BCUT2D eigenvalue weighted by Crippen LogP contribution is 2.24. The molecule has 6 heteroatoms. The van der Waals surface area contributed by atoms with Crippen molar-refractivity contribution >= 4 is 12.0 Å². The van der Waals surface area contributed by atoms with Gasteiger partial charge in [-0.2, -0.15) is 0 Å². The molecule has 0 atom stereocenters. The van der Waals surface area contributed by atoms with Crippen LogP contribution in [-0.4, -0.2) is 40.3 Å². The summed E-state index contributed by atoms with van der Waals surface area (Å²) in [5.41, 5.74) is -0.716. The van der Waals surface area contributed by atoms with E-state index < -0.39 is 5.60 Å². The largest absolute Gasteiger partial charge is 0.444 e. The first-order chi connectivity index (χ1) is 9.77. The molecule has 0 spiro atoms. The summed E-state index contributed by atoms with van der Waals surface area (Å²) < 4.78 is 5.33. The molecule has 1 saturated heterocycles. The van der Waals surface area contributed by atoms with Crippen LogP contribution in [0.5, 0.6) is 0 Å². The first-order valence-corrected chi connectivity index (χ1v) is 7.31. The van der Waals surface area contributed by atoms with Gasteiger partial charge in [0, 0.05) is 31.0 Å². The molecule has 0 radical (unpaired) electrons. The molecular weight excluding hydrogens is 268 g/mol. The minimum absolute atomic E-state index is 0.242. The van der Waals surface area contributed by atoms with E-state index in [1.54, 1.807) is 12.4 Å². The number of rotatable bonds is 2. The van der Waals surface area contributed by atoms with Crippen molar-refractivity contribution in [2.75, 3.05) is 18.0 Å². The fraction of sp³-hybridized carbons (Fsp3) is 0.667. The summed E-state index contributed by atoms with van der Waals surface area (Å²) in [5.74, 6) is 0.747. The number of hydrogen-bond donors (Lipinski definition) is 1. The minimum Gasteiger partial charge on any atom is -0.444 e. The average molecular weight is 292 g/mol. The highest BCUT2D eigenvalue weighted by molar-refractivity contribution is 5.68. The Morgan fingerprint density at radius 2 is 1.86 bits per heavy atom. The van der Waals surface area contributed by atoms with Crippen LogP contribution >= 0.6 is 0 Å². The van der Waals surface area contributed by atoms with E-state index in [1.165, 1.54) is 0 Å². The summed E-state index contributed by atoms with van der Waals surface area (Å²) in [6, 6.07) is 1.81. The predicted octanol–water partition coefficient (Wildman–Crippen LogP) is 2.36. The lowest BCUT2D eigenvalue weighted by atomic mass is 9.90. The van der Waals surface area contributed by atoms with Gasteiger partial charge < -0.3 is 15.0 Å². The molecule has 1 N–H and O–H groups in total. The maximum atomic E-state index is 11.9. The quantitative estimate of drug-likeness (QED) is 0.906. The third-order valence-electron chi connectivity index (χ3n) is 3.50. The SMILES string of the molecule is CC1(NC(=O)OC(C)(C)C)CCN(c2ncccn2)CC1. The van der Waals surface area contributed by atoms with E-state index in [4.69, 9.17) is 4.74 Å². The summed E-state index contributed by atoms with van der Waals surface area (Å²) in [5, 5.41) is 3.00. The highest BCUT2D eigenvalue weighted by atomic mass is 16.6. The van der Waals surface area contributed by atoms with Gasteiger partial charge in [0.25, 0.3) is 0 Å². The van der Waals surface area contributed by atoms with Crippen LogP contribution in [-0.2, 0) is 4.74 Å². The van der Waals surface area contributed by atoms with Crippen molar-refractivity contribution in [2.45, 2.75) is 51.7 Å². The summed E-state index contributed by atoms with van der Waals surface area (Å²) in [7, 11) is 0. The minimum atomic E-state index is -0.473. The molecule has 0 saturated carbocycles. The lowest BCUT2D eigenvalue weighted by molar-refractivity contribution is 0.0448. The molecule has 0 bridgehead atoms. The van der Waals surface area contributed by atoms with Crippen LogP contribution in [0.25, 0.3) is 0 Å². The molecule has 0 unspecified atom stereocenters. The van der Waals surface area contributed by atoms with Crippen molar-refractivity contribution in [3.05, 3.63) is 18.5 Å². The molecule has 1 aliphatic heterocycles. The van der Waals surface area contributed by atoms with Crippen molar-refractivity contribution in [1.82, 2.24) is 15.3 Å². The summed E-state index contributed by atoms with van der Waals surface area (Å²) >= 11 is 0. The Morgan fingerprint density at radius 3 is 2.38 bits per heavy atom. The second kappa shape index (κ2) is 5.87. The van der Waals surface area contributed by atoms with E-state index in [2.05, 4.69) is 27.1 Å². The van der Waals surface area contributed by atoms with Crippen molar-refractivity contribution < 1.29 is 9.53 Å². The molecule has 1 fully saturated rings. The van der Waals surface area contributed by atoms with E-state index in [0.717, 1.165) is 31.9 Å². The lowest BCUT2D eigenvalue weighted by Gasteiger charge is -2.40. The maximum Gasteiger partial charge on any atom is 0.408 e. The third kappa shape index (κ3) is 4.58. The molecule has 116 valence electrons. The van der Waals surface area contributed by atoms with Gasteiger partial charge in [-0.15, -0.1) is 0 Å². The van der Waals surface area contributed by atoms with Gasteiger partial charge in [0.1, 0.15) is 5.60 Å². The number of ether oxygens (including phenoxy) is 1. The topological polar surface area (TPSA) is 67.3 Å². The van der Waals surface area contributed by atoms with E-state index in [0.29, 0.717) is 0 Å². The zero-order valence-electron chi connectivity index (χ0n) is 13.2. The zero-order valence-corrected chi connectivity index (χ0v) is 13.2. The van der Waals surface area contributed by atoms with Gasteiger partial charge in [0.2, 0.25) is 5.95 Å². The summed E-state index contributed by atoms with van der Waals surface area (Å²) in [4.78, 5) is 22.6. The van der Waals surface area contributed by atoms with Crippen molar-refractivity contribution in [3.8, 4) is 0 Å². The normalized spacial score (nSPS) is 18.2. The molecule has 2 rings (SSSR count). The Kier molecular flexibility index (Phi) is 4.34. The molecule has 21 heavy (non-hydrogen) atoms. The number of hydrogen-bond acceptors (Lipinski definition) is 5. The van der Waals surface area contributed by atoms with Crippen molar-refractivity contribution in [1.29, 1.82) is 0 Å². The van der Waals surface area contributed by atoms with Gasteiger partial charge in [0.05, 0.1) is 0 Å². The van der Waals surface area contributed by atoms with Gasteiger partial charge in [-0.3, -0.25) is 0 Å². The van der Waals surface area contributed by atoms with Gasteiger partial charge in [-0.05, 0) is 46.6 Å². The number of carbonyl (C=O) groups excluding carboxylic acids is 1. The van der Waals surface area contributed by atoms with Gasteiger partial charge in [0.15, 0.2) is 0 Å². The van der Waals surface area contributed by atoms with Crippen molar-refractivity contribution in [2.24, 2.45) is 0 Å². The number of nitrogens with one attached hydrogen (secondary N) is 1. The number of nitrogens with zero attached hydrogens (tertiary/aromatic N) is 3. The number of piperidine rings is 1. The van der Waals surface area contributed by atoms with E-state index in [9.17, 15) is 4.79 Å². The molecule has 0 aliphatic carbocycles. The fourth-order valence-electron chi connectivity index (χ4n) is 2.33. The fourth-order valence-corrected chi connectivity index (χ4v) is 2.33. The molecule has 1 aromatic heterocycles. The molecule has 1 amide bonds. The van der Waals surface area contributed by atoms with Crippen LogP contribution < -0.4 is 10.2 Å². The maximum absolute atomic E-state index is 11.9. The average Bonchev–Trinajstić information content (AvgIpc) is 2.37. The smallest absolute Gasteiger partial charge is 0.408 e. The van der Waals surface area contributed by atoms with Crippen molar-refractivity contribution in [3.63, 3.8) is 0 Å². The summed E-state index contributed by atoms with van der Waals surface area (Å²) in [6.45, 7) is 9.28. The molecule has 1 aliphatic rings. The lowest BCUT2D eigenvalue weighted by Crippen LogP contribution is -2.54. The van der Waals surface area contributed by atoms with E-state index in [1.807, 2.05) is 26.8 Å². The molecule has 6 nitrogen and oxygen atoms in total. The van der Waals surface area contributed by atoms with Crippen LogP contribution in [0.3, 0.4) is 0 Å². The Balaban J connectivity index is 1.89. The standard InChI is InChI=1S/C15H24N4O2/c1-14(2,3)21-13(20)18-15(4)6-10-19(11-7-15)12-16-8-5-9-17-12/h5,8-9H,6-7,10-11H2,1-4H3,(H,18,20).